The van der Waals surface area contributed by atoms with Crippen LogP contribution < -0.4 is 19.7 Å². The van der Waals surface area contributed by atoms with Crippen LogP contribution in [0.1, 0.15) is 74.1 Å². The minimum Gasteiger partial charge on any atom is -0.508 e. The number of hydrogen-bond donors (Lipinski definition) is 2. The van der Waals surface area contributed by atoms with Crippen LogP contribution >= 0.6 is 11.6 Å². The van der Waals surface area contributed by atoms with Crippen molar-refractivity contribution in [2.75, 3.05) is 90.4 Å². The summed E-state index contributed by atoms with van der Waals surface area (Å²) in [7, 11) is 0. The SMILES string of the molecule is C[C@H](CN1CCC(OCCOCCOCCOc2ccc3c(c2)C(=O)N(C2CCC(=O)NC2=O)C3=O)CC1)Oc1nc(N2CCN(C(=O)OC(C)(C)C)CC2)c2cc(Cl)c(-c3cc(O)cc4ccccc34)c(F)c2n1. The number of phenols is 1. The van der Waals surface area contributed by atoms with E-state index in [1.165, 1.54) is 18.2 Å². The molecule has 2 atom stereocenters. The number of carbonyl (C=O) groups is 5. The van der Waals surface area contributed by atoms with Crippen molar-refractivity contribution in [2.45, 2.75) is 77.2 Å². The lowest BCUT2D eigenvalue weighted by molar-refractivity contribution is -0.136. The fraction of sp³-hybridized carbons (Fsp3) is 0.463. The van der Waals surface area contributed by atoms with Gasteiger partial charge in [-0.15, -0.1) is 0 Å². The number of halogens is 2. The Morgan fingerprint density at radius 2 is 1.53 bits per heavy atom. The standard InChI is InChI=1S/C54H61ClFN7O12/c1-32(31-60-15-13-35(14-16-60)72-25-23-70-21-22-71-24-26-73-36-9-10-38-40(29-36)51(68)63(50(38)67)43-11-12-44(65)57-49(43)66)74-52-58-47-41(48(59-52)61-17-19-62(20-18-61)53(69)75-54(2,3)4)30-42(55)45(46(47)56)39-28-34(64)27-33-7-5-6-8-37(33)39/h5-10,27-30,32,35,43,64H,11-26,31H2,1-4H3,(H,57,65,66)/t32-,43?/m1/s1. The van der Waals surface area contributed by atoms with E-state index in [4.69, 9.17) is 45.0 Å². The number of aromatic nitrogens is 2. The average Bonchev–Trinajstić information content (AvgIpc) is 3.61. The molecule has 19 nitrogen and oxygen atoms in total. The van der Waals surface area contributed by atoms with Gasteiger partial charge in [0.1, 0.15) is 47.2 Å². The zero-order valence-electron chi connectivity index (χ0n) is 42.4. The van der Waals surface area contributed by atoms with Gasteiger partial charge in [0.15, 0.2) is 5.82 Å². The molecule has 3 saturated heterocycles. The molecule has 0 radical (unpaired) electrons. The number of anilines is 1. The van der Waals surface area contributed by atoms with Gasteiger partial charge in [-0.1, -0.05) is 35.9 Å². The Labute approximate surface area is 438 Å². The molecule has 398 valence electrons. The number of aromatic hydroxyl groups is 1. The molecular formula is C54H61ClFN7O12. The van der Waals surface area contributed by atoms with Crippen molar-refractivity contribution in [3.05, 3.63) is 82.6 Å². The number of imide groups is 2. The molecule has 4 aliphatic heterocycles. The van der Waals surface area contributed by atoms with Crippen LogP contribution in [0.25, 0.3) is 32.8 Å². The number of piperidine rings is 2. The van der Waals surface area contributed by atoms with Gasteiger partial charge in [0.25, 0.3) is 11.8 Å². The zero-order chi connectivity index (χ0) is 53.0. The highest BCUT2D eigenvalue weighted by Crippen LogP contribution is 2.43. The molecule has 0 saturated carbocycles. The van der Waals surface area contributed by atoms with Crippen molar-refractivity contribution in [2.24, 2.45) is 0 Å². The first kappa shape index (κ1) is 53.1. The molecule has 0 aliphatic carbocycles. The third kappa shape index (κ3) is 12.4. The summed E-state index contributed by atoms with van der Waals surface area (Å²) in [4.78, 5) is 79.2. The second kappa shape index (κ2) is 23.0. The van der Waals surface area contributed by atoms with Gasteiger partial charge in [-0.2, -0.15) is 9.97 Å². The summed E-state index contributed by atoms with van der Waals surface area (Å²) >= 11 is 6.95. The molecule has 5 aromatic rings. The van der Waals surface area contributed by atoms with Crippen molar-refractivity contribution in [3.63, 3.8) is 0 Å². The Morgan fingerprint density at radius 1 is 0.827 bits per heavy atom. The predicted molar refractivity (Wildman–Crippen MR) is 275 cm³/mol. The zero-order valence-corrected chi connectivity index (χ0v) is 43.2. The summed E-state index contributed by atoms with van der Waals surface area (Å²) in [6.07, 6.45) is 1.04. The van der Waals surface area contributed by atoms with Crippen molar-refractivity contribution in [1.82, 2.24) is 30.0 Å². The Balaban J connectivity index is 0.728. The molecule has 21 heteroatoms. The van der Waals surface area contributed by atoms with Crippen LogP contribution in [-0.4, -0.2) is 169 Å². The molecule has 2 N–H and O–H groups in total. The van der Waals surface area contributed by atoms with Crippen LogP contribution in [0.15, 0.2) is 60.7 Å². The Morgan fingerprint density at radius 3 is 2.27 bits per heavy atom. The van der Waals surface area contributed by atoms with Crippen molar-refractivity contribution < 1.29 is 61.9 Å². The number of nitrogens with one attached hydrogen (secondary N) is 1. The maximum atomic E-state index is 17.2. The van der Waals surface area contributed by atoms with E-state index in [0.717, 1.165) is 36.2 Å². The number of piperazine rings is 1. The number of ether oxygens (including phenoxy) is 6. The number of phenolic OH excluding ortho intramolecular Hbond substituents is 1. The summed E-state index contributed by atoms with van der Waals surface area (Å²) in [5.41, 5.74) is 0.202. The predicted octanol–water partition coefficient (Wildman–Crippen LogP) is 6.77. The first-order valence-corrected chi connectivity index (χ1v) is 25.7. The summed E-state index contributed by atoms with van der Waals surface area (Å²) in [5, 5.41) is 14.8. The smallest absolute Gasteiger partial charge is 0.410 e. The fourth-order valence-corrected chi connectivity index (χ4v) is 10.1. The molecule has 1 aromatic heterocycles. The van der Waals surface area contributed by atoms with Crippen molar-refractivity contribution >= 4 is 68.8 Å². The Hall–Kier alpha value is -6.71. The molecular weight excluding hydrogens is 993 g/mol. The number of fused-ring (bicyclic) bond motifs is 3. The molecule has 5 heterocycles. The van der Waals surface area contributed by atoms with Crippen LogP contribution in [0, 0.1) is 5.82 Å². The van der Waals surface area contributed by atoms with Crippen LogP contribution in [0.5, 0.6) is 17.5 Å². The largest absolute Gasteiger partial charge is 0.508 e. The highest BCUT2D eigenvalue weighted by Gasteiger charge is 2.45. The molecule has 1 unspecified atom stereocenters. The molecule has 75 heavy (non-hydrogen) atoms. The van der Waals surface area contributed by atoms with Crippen LogP contribution in [-0.2, 0) is 28.5 Å². The van der Waals surface area contributed by atoms with E-state index >= 15 is 4.39 Å². The highest BCUT2D eigenvalue weighted by molar-refractivity contribution is 6.35. The minimum absolute atomic E-state index is 0.000574. The topological polar surface area (TPSA) is 212 Å². The van der Waals surface area contributed by atoms with Gasteiger partial charge >= 0.3 is 12.1 Å². The molecule has 0 bridgehead atoms. The van der Waals surface area contributed by atoms with E-state index in [1.807, 2.05) is 56.9 Å². The maximum Gasteiger partial charge on any atom is 0.410 e. The normalized spacial score (nSPS) is 18.2. The minimum atomic E-state index is -1.04. The van der Waals surface area contributed by atoms with E-state index in [-0.39, 0.29) is 77.3 Å². The number of hydrogen-bond acceptors (Lipinski definition) is 16. The van der Waals surface area contributed by atoms with Crippen molar-refractivity contribution in [1.29, 1.82) is 0 Å². The van der Waals surface area contributed by atoms with Gasteiger partial charge in [-0.25, -0.2) is 9.18 Å². The lowest BCUT2D eigenvalue weighted by atomic mass is 9.96. The fourth-order valence-electron chi connectivity index (χ4n) is 9.82. The van der Waals surface area contributed by atoms with Crippen LogP contribution in [0.2, 0.25) is 5.02 Å². The summed E-state index contributed by atoms with van der Waals surface area (Å²) in [6.45, 7) is 13.0. The monoisotopic (exact) mass is 1050 g/mol. The van der Waals surface area contributed by atoms with E-state index in [1.54, 1.807) is 23.1 Å². The summed E-state index contributed by atoms with van der Waals surface area (Å²) in [6, 6.07) is 15.7. The molecule has 5 amide bonds. The van der Waals surface area contributed by atoms with Crippen LogP contribution in [0.3, 0.4) is 0 Å². The quantitative estimate of drug-likeness (QED) is 0.0685. The van der Waals surface area contributed by atoms with Gasteiger partial charge in [0.2, 0.25) is 11.8 Å². The molecule has 4 aliphatic rings. The first-order valence-electron chi connectivity index (χ1n) is 25.3. The second-order valence-corrected chi connectivity index (χ2v) is 20.4. The van der Waals surface area contributed by atoms with Gasteiger partial charge in [-0.3, -0.25) is 34.3 Å². The molecule has 9 rings (SSSR count). The van der Waals surface area contributed by atoms with E-state index < -0.39 is 47.2 Å². The van der Waals surface area contributed by atoms with Gasteiger partial charge in [-0.05, 0) is 99.7 Å². The average molecular weight is 1050 g/mol. The molecule has 0 spiro atoms. The summed E-state index contributed by atoms with van der Waals surface area (Å²) in [5.74, 6) is -2.19. The van der Waals surface area contributed by atoms with E-state index in [0.29, 0.717) is 87.1 Å². The number of benzene rings is 4. The maximum absolute atomic E-state index is 17.2. The number of likely N-dealkylation sites (tertiary alicyclic amines) is 1. The number of nitrogens with zero attached hydrogens (tertiary/aromatic N) is 6. The lowest BCUT2D eigenvalue weighted by Crippen LogP contribution is -2.54. The van der Waals surface area contributed by atoms with E-state index in [2.05, 4.69) is 15.2 Å². The Kier molecular flexibility index (Phi) is 16.3. The van der Waals surface area contributed by atoms with Gasteiger partial charge in [0, 0.05) is 63.2 Å². The molecule has 3 fully saturated rings. The van der Waals surface area contributed by atoms with Gasteiger partial charge < -0.3 is 43.3 Å². The number of amides is 5. The van der Waals surface area contributed by atoms with E-state index in [9.17, 15) is 29.1 Å². The Bertz CT molecular complexity index is 2980. The lowest BCUT2D eigenvalue weighted by Gasteiger charge is -2.36. The number of carbonyl (C=O) groups excluding carboxylic acids is 5. The number of rotatable bonds is 18. The summed E-state index contributed by atoms with van der Waals surface area (Å²) < 4.78 is 52.4. The van der Waals surface area contributed by atoms with Gasteiger partial charge in [0.05, 0.1) is 55.3 Å². The first-order chi connectivity index (χ1) is 36.0. The second-order valence-electron chi connectivity index (χ2n) is 20.0. The third-order valence-electron chi connectivity index (χ3n) is 13.4. The third-order valence-corrected chi connectivity index (χ3v) is 13.7. The van der Waals surface area contributed by atoms with Crippen LogP contribution in [0.4, 0.5) is 15.0 Å². The molecule has 4 aromatic carbocycles. The van der Waals surface area contributed by atoms with Crippen molar-refractivity contribution in [3.8, 4) is 28.6 Å². The highest BCUT2D eigenvalue weighted by atomic mass is 35.5.